The molecule has 0 aromatic heterocycles. The summed E-state index contributed by atoms with van der Waals surface area (Å²) in [6.45, 7) is 4.05. The van der Waals surface area contributed by atoms with E-state index in [9.17, 15) is 9.90 Å². The predicted molar refractivity (Wildman–Crippen MR) is 75.3 cm³/mol. The zero-order valence-corrected chi connectivity index (χ0v) is 11.3. The summed E-state index contributed by atoms with van der Waals surface area (Å²) in [5.74, 6) is 0.509. The minimum absolute atomic E-state index is 0.215. The monoisotopic (exact) mass is 272 g/mol. The molecule has 0 heterocycles. The summed E-state index contributed by atoms with van der Waals surface area (Å²) in [7, 11) is 0. The van der Waals surface area contributed by atoms with E-state index in [4.69, 9.17) is 5.11 Å². The van der Waals surface area contributed by atoms with Crippen molar-refractivity contribution in [2.24, 2.45) is 0 Å². The van der Waals surface area contributed by atoms with Crippen molar-refractivity contribution >= 4 is 6.16 Å². The van der Waals surface area contributed by atoms with E-state index in [0.717, 1.165) is 11.1 Å². The fraction of sp³-hybridized carbons (Fsp3) is 0.188. The van der Waals surface area contributed by atoms with E-state index in [1.54, 1.807) is 30.3 Å². The summed E-state index contributed by atoms with van der Waals surface area (Å²) in [5, 5.41) is 18.0. The molecule has 2 rings (SSSR count). The third-order valence-electron chi connectivity index (χ3n) is 3.35. The van der Waals surface area contributed by atoms with Gasteiger partial charge in [0, 0.05) is 5.41 Å². The molecule has 0 bridgehead atoms. The lowest BCUT2D eigenvalue weighted by Gasteiger charge is -2.26. The fourth-order valence-corrected chi connectivity index (χ4v) is 2.09. The summed E-state index contributed by atoms with van der Waals surface area (Å²) in [4.78, 5) is 10.6. The van der Waals surface area contributed by atoms with Crippen LogP contribution in [0, 0.1) is 0 Å². The van der Waals surface area contributed by atoms with Gasteiger partial charge in [0.1, 0.15) is 11.5 Å². The lowest BCUT2D eigenvalue weighted by molar-refractivity contribution is 0.144. The Balaban J connectivity index is 2.38. The van der Waals surface area contributed by atoms with E-state index in [0.29, 0.717) is 5.75 Å². The lowest BCUT2D eigenvalue weighted by Crippen LogP contribution is -2.19. The SMILES string of the molecule is CC(C)(c1ccc(O)cc1)c1cccc(OC(=O)O)c1. The van der Waals surface area contributed by atoms with E-state index in [1.807, 2.05) is 32.0 Å². The smallest absolute Gasteiger partial charge is 0.508 e. The maximum absolute atomic E-state index is 10.6. The van der Waals surface area contributed by atoms with Crippen LogP contribution in [0.1, 0.15) is 25.0 Å². The Labute approximate surface area is 117 Å². The predicted octanol–water partition coefficient (Wildman–Crippen LogP) is 3.77. The minimum Gasteiger partial charge on any atom is -0.508 e. The molecule has 0 fully saturated rings. The molecule has 0 amide bonds. The normalized spacial score (nSPS) is 11.1. The van der Waals surface area contributed by atoms with Crippen LogP contribution in [-0.2, 0) is 5.41 Å². The van der Waals surface area contributed by atoms with Gasteiger partial charge in [-0.3, -0.25) is 0 Å². The number of benzene rings is 2. The quantitative estimate of drug-likeness (QED) is 0.659. The first-order chi connectivity index (χ1) is 9.39. The van der Waals surface area contributed by atoms with E-state index >= 15 is 0 Å². The van der Waals surface area contributed by atoms with Gasteiger partial charge in [-0.1, -0.05) is 38.1 Å². The first-order valence-electron chi connectivity index (χ1n) is 6.20. The number of rotatable bonds is 3. The van der Waals surface area contributed by atoms with Gasteiger partial charge >= 0.3 is 6.16 Å². The van der Waals surface area contributed by atoms with Crippen molar-refractivity contribution in [3.05, 3.63) is 59.7 Å². The maximum Gasteiger partial charge on any atom is 0.511 e. The van der Waals surface area contributed by atoms with Gasteiger partial charge in [-0.25, -0.2) is 4.79 Å². The standard InChI is InChI=1S/C16H16O4/c1-16(2,11-6-8-13(17)9-7-11)12-4-3-5-14(10-12)20-15(18)19/h3-10,17H,1-2H3,(H,18,19). The molecule has 0 saturated heterocycles. The van der Waals surface area contributed by atoms with Crippen molar-refractivity contribution in [1.82, 2.24) is 0 Å². The molecule has 0 aliphatic carbocycles. The molecular formula is C16H16O4. The maximum atomic E-state index is 10.6. The fourth-order valence-electron chi connectivity index (χ4n) is 2.09. The van der Waals surface area contributed by atoms with Gasteiger partial charge in [-0.15, -0.1) is 0 Å². The van der Waals surface area contributed by atoms with Crippen LogP contribution in [0.3, 0.4) is 0 Å². The highest BCUT2D eigenvalue weighted by molar-refractivity contribution is 5.61. The largest absolute Gasteiger partial charge is 0.511 e. The number of hydrogen-bond acceptors (Lipinski definition) is 3. The summed E-state index contributed by atoms with van der Waals surface area (Å²) >= 11 is 0. The van der Waals surface area contributed by atoms with Crippen LogP contribution in [0.4, 0.5) is 4.79 Å². The number of phenols is 1. The van der Waals surface area contributed by atoms with E-state index in [-0.39, 0.29) is 11.2 Å². The number of hydrogen-bond donors (Lipinski definition) is 2. The van der Waals surface area contributed by atoms with E-state index in [2.05, 4.69) is 4.74 Å². The average molecular weight is 272 g/mol. The zero-order valence-electron chi connectivity index (χ0n) is 11.3. The Morgan fingerprint density at radius 3 is 2.30 bits per heavy atom. The Kier molecular flexibility index (Phi) is 3.66. The van der Waals surface area contributed by atoms with Gasteiger partial charge < -0.3 is 14.9 Å². The molecule has 0 aliphatic heterocycles. The summed E-state index contributed by atoms with van der Waals surface area (Å²) in [6, 6.07) is 14.0. The summed E-state index contributed by atoms with van der Waals surface area (Å²) < 4.78 is 4.68. The molecule has 0 aliphatic rings. The van der Waals surface area contributed by atoms with Crippen molar-refractivity contribution in [2.45, 2.75) is 19.3 Å². The first-order valence-corrected chi connectivity index (χ1v) is 6.20. The van der Waals surface area contributed by atoms with Gasteiger partial charge in [0.25, 0.3) is 0 Å². The molecule has 0 spiro atoms. The van der Waals surface area contributed by atoms with Crippen molar-refractivity contribution in [2.75, 3.05) is 0 Å². The number of ether oxygens (including phenoxy) is 1. The average Bonchev–Trinajstić information content (AvgIpc) is 2.39. The minimum atomic E-state index is -1.33. The van der Waals surface area contributed by atoms with Gasteiger partial charge in [0.15, 0.2) is 0 Å². The second-order valence-corrected chi connectivity index (χ2v) is 5.07. The topological polar surface area (TPSA) is 66.8 Å². The van der Waals surface area contributed by atoms with Crippen LogP contribution in [0.25, 0.3) is 0 Å². The van der Waals surface area contributed by atoms with Crippen LogP contribution in [-0.4, -0.2) is 16.4 Å². The first kappa shape index (κ1) is 13.9. The molecule has 2 aromatic carbocycles. The second-order valence-electron chi connectivity index (χ2n) is 5.07. The molecule has 2 N–H and O–H groups in total. The van der Waals surface area contributed by atoms with Crippen molar-refractivity contribution in [1.29, 1.82) is 0 Å². The molecule has 20 heavy (non-hydrogen) atoms. The molecule has 2 aromatic rings. The Morgan fingerprint density at radius 2 is 1.70 bits per heavy atom. The molecule has 0 unspecified atom stereocenters. The highest BCUT2D eigenvalue weighted by Gasteiger charge is 2.23. The van der Waals surface area contributed by atoms with Crippen molar-refractivity contribution < 1.29 is 19.7 Å². The number of carbonyl (C=O) groups is 1. The third kappa shape index (κ3) is 2.91. The number of phenolic OH excluding ortho intramolecular Hbond substituents is 1. The number of aromatic hydroxyl groups is 1. The van der Waals surface area contributed by atoms with E-state index < -0.39 is 6.16 Å². The van der Waals surface area contributed by atoms with Gasteiger partial charge in [0.05, 0.1) is 0 Å². The Morgan fingerprint density at radius 1 is 1.05 bits per heavy atom. The molecule has 4 heteroatoms. The third-order valence-corrected chi connectivity index (χ3v) is 3.35. The molecule has 4 nitrogen and oxygen atoms in total. The van der Waals surface area contributed by atoms with Crippen LogP contribution in [0.2, 0.25) is 0 Å². The van der Waals surface area contributed by atoms with Crippen molar-refractivity contribution in [3.63, 3.8) is 0 Å². The molecule has 0 radical (unpaired) electrons. The Bertz CT molecular complexity index is 615. The van der Waals surface area contributed by atoms with Crippen LogP contribution in [0.15, 0.2) is 48.5 Å². The van der Waals surface area contributed by atoms with E-state index in [1.165, 1.54) is 0 Å². The van der Waals surface area contributed by atoms with Gasteiger partial charge in [0.2, 0.25) is 0 Å². The van der Waals surface area contributed by atoms with Gasteiger partial charge in [-0.2, -0.15) is 0 Å². The summed E-state index contributed by atoms with van der Waals surface area (Å²) in [6.07, 6.45) is -1.33. The molecular weight excluding hydrogens is 256 g/mol. The number of carboxylic acid groups (broad SMARTS) is 1. The highest BCUT2D eigenvalue weighted by Crippen LogP contribution is 2.33. The molecule has 0 atom stereocenters. The second kappa shape index (κ2) is 5.25. The molecule has 104 valence electrons. The van der Waals surface area contributed by atoms with Crippen LogP contribution in [0.5, 0.6) is 11.5 Å². The Hall–Kier alpha value is -2.49. The zero-order chi connectivity index (χ0) is 14.8. The summed E-state index contributed by atoms with van der Waals surface area (Å²) in [5.41, 5.74) is 1.62. The lowest BCUT2D eigenvalue weighted by atomic mass is 9.78. The molecule has 0 saturated carbocycles. The van der Waals surface area contributed by atoms with Gasteiger partial charge in [-0.05, 0) is 35.4 Å². The van der Waals surface area contributed by atoms with Crippen LogP contribution >= 0.6 is 0 Å². The van der Waals surface area contributed by atoms with Crippen molar-refractivity contribution in [3.8, 4) is 11.5 Å². The van der Waals surface area contributed by atoms with Crippen LogP contribution < -0.4 is 4.74 Å². The highest BCUT2D eigenvalue weighted by atomic mass is 16.7.